The van der Waals surface area contributed by atoms with E-state index in [1.807, 2.05) is 109 Å². The topological polar surface area (TPSA) is 102 Å². The lowest BCUT2D eigenvalue weighted by atomic mass is 10.00. The van der Waals surface area contributed by atoms with Crippen LogP contribution in [0.25, 0.3) is 44.3 Å². The summed E-state index contributed by atoms with van der Waals surface area (Å²) in [5, 5.41) is 1.95. The summed E-state index contributed by atoms with van der Waals surface area (Å²) in [4.78, 5) is 38.9. The zero-order valence-corrected chi connectivity index (χ0v) is 25.4. The number of rotatable bonds is 4. The number of benzene rings is 2. The van der Waals surface area contributed by atoms with Gasteiger partial charge in [-0.05, 0) is 72.8 Å². The standard InChI is InChI=1S/C40H24N8/c1-3-7-33-27(5-1)21-35-39(45-33)37(29-9-11-31(43-23-29)25-13-17-41-18-14-25)48-36-22-28-6-2-4-8-34(28)46-40(36)38(47-35)30-10-12-32(44-24-30)26-15-19-42-20-16-26/h1-24H. The SMILES string of the molecule is c1ccc2nc3c(cc2c1)N=C(c1ccc(-c2ccncc2)nc1)c1nc2ccccc2cc1N=C3c1ccc(-c2ccncc2)nc1. The van der Waals surface area contributed by atoms with E-state index < -0.39 is 0 Å². The maximum absolute atomic E-state index is 5.34. The highest BCUT2D eigenvalue weighted by atomic mass is 14.9. The molecule has 224 valence electrons. The Balaban J connectivity index is 1.29. The average molecular weight is 617 g/mol. The van der Waals surface area contributed by atoms with Gasteiger partial charge in [-0.15, -0.1) is 0 Å². The lowest BCUT2D eigenvalue weighted by Crippen LogP contribution is -2.13. The van der Waals surface area contributed by atoms with Crippen LogP contribution in [0.15, 0.2) is 156 Å². The first-order chi connectivity index (χ1) is 23.8. The van der Waals surface area contributed by atoms with E-state index in [0.717, 1.165) is 55.4 Å². The molecule has 0 saturated carbocycles. The molecule has 2 aromatic carbocycles. The Hall–Kier alpha value is -6.80. The minimum absolute atomic E-state index is 0.657. The summed E-state index contributed by atoms with van der Waals surface area (Å²) in [6.45, 7) is 0. The van der Waals surface area contributed by atoms with Crippen molar-refractivity contribution in [2.75, 3.05) is 0 Å². The van der Waals surface area contributed by atoms with Crippen LogP contribution in [0, 0.1) is 0 Å². The van der Waals surface area contributed by atoms with E-state index in [2.05, 4.69) is 22.1 Å². The molecule has 0 saturated heterocycles. The number of fused-ring (bicyclic) bond motifs is 4. The third-order valence-electron chi connectivity index (χ3n) is 8.35. The van der Waals surface area contributed by atoms with Crippen LogP contribution < -0.4 is 0 Å². The Morgan fingerprint density at radius 2 is 0.833 bits per heavy atom. The lowest BCUT2D eigenvalue weighted by molar-refractivity contribution is 1.24. The number of nitrogens with zero attached hydrogens (tertiary/aromatic N) is 8. The number of pyridine rings is 6. The number of hydrogen-bond acceptors (Lipinski definition) is 8. The van der Waals surface area contributed by atoms with Gasteiger partial charge in [0.15, 0.2) is 0 Å². The molecule has 1 aliphatic heterocycles. The highest BCUT2D eigenvalue weighted by Crippen LogP contribution is 2.35. The lowest BCUT2D eigenvalue weighted by Gasteiger charge is -2.18. The normalized spacial score (nSPS) is 12.4. The summed E-state index contributed by atoms with van der Waals surface area (Å²) in [6, 6.07) is 36.1. The van der Waals surface area contributed by atoms with Crippen molar-refractivity contribution in [3.63, 3.8) is 0 Å². The van der Waals surface area contributed by atoms with Crippen LogP contribution in [0.5, 0.6) is 0 Å². The molecule has 48 heavy (non-hydrogen) atoms. The Kier molecular flexibility index (Phi) is 6.61. The van der Waals surface area contributed by atoms with Gasteiger partial charge in [0.05, 0.1) is 33.8 Å². The molecule has 0 amide bonds. The minimum Gasteiger partial charge on any atom is -0.265 e. The van der Waals surface area contributed by atoms with Crippen LogP contribution in [0.2, 0.25) is 0 Å². The van der Waals surface area contributed by atoms with Gasteiger partial charge in [-0.2, -0.15) is 0 Å². The van der Waals surface area contributed by atoms with Crippen LogP contribution in [0.3, 0.4) is 0 Å². The Bertz CT molecular complexity index is 2350. The van der Waals surface area contributed by atoms with Gasteiger partial charge >= 0.3 is 0 Å². The Morgan fingerprint density at radius 3 is 1.25 bits per heavy atom. The molecule has 0 spiro atoms. The van der Waals surface area contributed by atoms with E-state index in [9.17, 15) is 0 Å². The second kappa shape index (κ2) is 11.5. The van der Waals surface area contributed by atoms with Crippen molar-refractivity contribution in [2.24, 2.45) is 9.98 Å². The van der Waals surface area contributed by atoms with Gasteiger partial charge in [0.25, 0.3) is 0 Å². The maximum atomic E-state index is 5.34. The van der Waals surface area contributed by atoms with Gasteiger partial charge in [-0.3, -0.25) is 19.9 Å². The molecule has 0 bridgehead atoms. The van der Waals surface area contributed by atoms with E-state index in [-0.39, 0.29) is 0 Å². The fraction of sp³-hybridized carbons (Fsp3) is 0. The summed E-state index contributed by atoms with van der Waals surface area (Å²) in [5.74, 6) is 0. The van der Waals surface area contributed by atoms with Crippen molar-refractivity contribution in [2.45, 2.75) is 0 Å². The van der Waals surface area contributed by atoms with Crippen molar-refractivity contribution < 1.29 is 0 Å². The third-order valence-corrected chi connectivity index (χ3v) is 8.35. The van der Waals surface area contributed by atoms with Gasteiger partial charge in [-0.1, -0.05) is 36.4 Å². The summed E-state index contributed by atoms with van der Waals surface area (Å²) in [7, 11) is 0. The molecule has 8 heteroatoms. The predicted molar refractivity (Wildman–Crippen MR) is 189 cm³/mol. The van der Waals surface area contributed by atoms with Crippen LogP contribution in [0.1, 0.15) is 22.5 Å². The first kappa shape index (κ1) is 27.5. The summed E-state index contributed by atoms with van der Waals surface area (Å²) >= 11 is 0. The molecule has 9 rings (SSSR count). The number of para-hydroxylation sites is 2. The van der Waals surface area contributed by atoms with E-state index in [1.165, 1.54) is 0 Å². The molecule has 0 N–H and O–H groups in total. The minimum atomic E-state index is 0.657. The smallest absolute Gasteiger partial charge is 0.116 e. The van der Waals surface area contributed by atoms with E-state index in [0.29, 0.717) is 34.2 Å². The molecule has 0 radical (unpaired) electrons. The van der Waals surface area contributed by atoms with Crippen LogP contribution >= 0.6 is 0 Å². The van der Waals surface area contributed by atoms with Crippen molar-refractivity contribution >= 4 is 44.6 Å². The van der Waals surface area contributed by atoms with Gasteiger partial charge < -0.3 is 0 Å². The van der Waals surface area contributed by atoms with E-state index >= 15 is 0 Å². The van der Waals surface area contributed by atoms with Gasteiger partial charge in [0.2, 0.25) is 0 Å². The summed E-state index contributed by atoms with van der Waals surface area (Å²) in [5.41, 5.74) is 11.0. The summed E-state index contributed by atoms with van der Waals surface area (Å²) in [6.07, 6.45) is 10.7. The molecule has 0 aliphatic carbocycles. The monoisotopic (exact) mass is 616 g/mol. The molecular formula is C40H24N8. The number of aromatic nitrogens is 6. The summed E-state index contributed by atoms with van der Waals surface area (Å²) < 4.78 is 0. The first-order valence-corrected chi connectivity index (χ1v) is 15.5. The Morgan fingerprint density at radius 1 is 0.396 bits per heavy atom. The second-order valence-corrected chi connectivity index (χ2v) is 11.4. The quantitative estimate of drug-likeness (QED) is 0.197. The zero-order chi connectivity index (χ0) is 31.9. The molecule has 6 aromatic heterocycles. The van der Waals surface area contributed by atoms with Gasteiger partial charge in [-0.25, -0.2) is 20.0 Å². The van der Waals surface area contributed by atoms with Crippen molar-refractivity contribution in [1.82, 2.24) is 29.9 Å². The van der Waals surface area contributed by atoms with E-state index in [4.69, 9.17) is 29.9 Å². The highest BCUT2D eigenvalue weighted by molar-refractivity contribution is 6.22. The van der Waals surface area contributed by atoms with Crippen LogP contribution in [-0.4, -0.2) is 41.3 Å². The molecule has 0 unspecified atom stereocenters. The highest BCUT2D eigenvalue weighted by Gasteiger charge is 2.24. The average Bonchev–Trinajstić information content (AvgIpc) is 3.16. The Labute approximate surface area is 275 Å². The van der Waals surface area contributed by atoms with Crippen molar-refractivity contribution in [3.05, 3.63) is 169 Å². The molecule has 7 heterocycles. The fourth-order valence-electron chi connectivity index (χ4n) is 5.93. The molecule has 0 atom stereocenters. The predicted octanol–water partition coefficient (Wildman–Crippen LogP) is 8.35. The maximum Gasteiger partial charge on any atom is 0.116 e. The molecule has 8 nitrogen and oxygen atoms in total. The molecule has 1 aliphatic rings. The first-order valence-electron chi connectivity index (χ1n) is 15.5. The number of hydrogen-bond donors (Lipinski definition) is 0. The van der Waals surface area contributed by atoms with Crippen molar-refractivity contribution in [3.8, 4) is 22.5 Å². The third kappa shape index (κ3) is 4.98. The largest absolute Gasteiger partial charge is 0.265 e. The molecule has 0 fully saturated rings. The molecular weight excluding hydrogens is 592 g/mol. The van der Waals surface area contributed by atoms with Crippen LogP contribution in [-0.2, 0) is 0 Å². The van der Waals surface area contributed by atoms with Crippen molar-refractivity contribution in [1.29, 1.82) is 0 Å². The van der Waals surface area contributed by atoms with Gasteiger partial charge in [0, 0.05) is 70.2 Å². The molecule has 8 aromatic rings. The van der Waals surface area contributed by atoms with Gasteiger partial charge in [0.1, 0.15) is 22.8 Å². The van der Waals surface area contributed by atoms with Crippen LogP contribution in [0.4, 0.5) is 11.4 Å². The zero-order valence-electron chi connectivity index (χ0n) is 25.4. The number of aliphatic imine (C=N–C) groups is 2. The van der Waals surface area contributed by atoms with E-state index in [1.54, 1.807) is 24.8 Å². The fourth-order valence-corrected chi connectivity index (χ4v) is 5.93. The second-order valence-electron chi connectivity index (χ2n) is 11.4.